The molecule has 2 aliphatic rings. The first kappa shape index (κ1) is 25.0. The van der Waals surface area contributed by atoms with Crippen molar-refractivity contribution < 1.29 is 29.8 Å². The second kappa shape index (κ2) is 11.1. The summed E-state index contributed by atoms with van der Waals surface area (Å²) in [5, 5.41) is 9.36. The Hall–Kier alpha value is -3.14. The average Bonchev–Trinajstić information content (AvgIpc) is 2.87. The summed E-state index contributed by atoms with van der Waals surface area (Å²) >= 11 is 0. The molecular weight excluding hydrogens is 448 g/mol. The number of aliphatic hydroxyl groups is 1. The SMILES string of the molecule is CO[NH2+]c1cc(C(=O)N(CCO)C(C)C)ccc1N1CCC(N2C(=O)OCc3ccccc32)CC1. The Morgan fingerprint density at radius 3 is 2.63 bits per heavy atom. The van der Waals surface area contributed by atoms with Gasteiger partial charge in [0, 0.05) is 48.9 Å². The number of carbonyl (C=O) groups is 2. The first-order valence-electron chi connectivity index (χ1n) is 12.1. The van der Waals surface area contributed by atoms with Crippen molar-refractivity contribution in [1.82, 2.24) is 4.90 Å². The van der Waals surface area contributed by atoms with Crippen molar-refractivity contribution in [2.75, 3.05) is 43.2 Å². The van der Waals surface area contributed by atoms with Crippen molar-refractivity contribution in [2.24, 2.45) is 0 Å². The Bertz CT molecular complexity index is 1050. The van der Waals surface area contributed by atoms with Crippen molar-refractivity contribution in [3.63, 3.8) is 0 Å². The molecule has 9 nitrogen and oxygen atoms in total. The number of nitrogens with zero attached hydrogens (tertiary/aromatic N) is 3. The number of amides is 2. The van der Waals surface area contributed by atoms with Gasteiger partial charge in [0.05, 0.1) is 19.4 Å². The summed E-state index contributed by atoms with van der Waals surface area (Å²) < 4.78 is 5.42. The Morgan fingerprint density at radius 1 is 1.20 bits per heavy atom. The Balaban J connectivity index is 1.50. The van der Waals surface area contributed by atoms with Gasteiger partial charge in [0.25, 0.3) is 5.91 Å². The van der Waals surface area contributed by atoms with Crippen LogP contribution >= 0.6 is 0 Å². The molecule has 3 N–H and O–H groups in total. The van der Waals surface area contributed by atoms with Gasteiger partial charge in [0.1, 0.15) is 12.3 Å². The minimum atomic E-state index is -0.281. The molecule has 0 spiro atoms. The van der Waals surface area contributed by atoms with E-state index in [0.717, 1.165) is 48.6 Å². The van der Waals surface area contributed by atoms with E-state index in [1.54, 1.807) is 17.5 Å². The molecule has 0 atom stereocenters. The smallest absolute Gasteiger partial charge is 0.414 e. The molecule has 0 bridgehead atoms. The molecule has 9 heteroatoms. The lowest BCUT2D eigenvalue weighted by Gasteiger charge is -2.40. The quantitative estimate of drug-likeness (QED) is 0.442. The van der Waals surface area contributed by atoms with Crippen LogP contribution in [0.3, 0.4) is 0 Å². The minimum absolute atomic E-state index is 0.0187. The molecule has 188 valence electrons. The zero-order valence-corrected chi connectivity index (χ0v) is 20.6. The Kier molecular flexibility index (Phi) is 7.90. The number of quaternary nitrogens is 1. The Morgan fingerprint density at radius 2 is 1.94 bits per heavy atom. The fraction of sp³-hybridized carbons (Fsp3) is 0.462. The van der Waals surface area contributed by atoms with Gasteiger partial charge in [-0.05, 0) is 44.9 Å². The van der Waals surface area contributed by atoms with Gasteiger partial charge in [-0.3, -0.25) is 9.69 Å². The van der Waals surface area contributed by atoms with Crippen molar-refractivity contribution >= 4 is 29.1 Å². The average molecular weight is 484 g/mol. The molecule has 0 unspecified atom stereocenters. The maximum atomic E-state index is 13.1. The van der Waals surface area contributed by atoms with Crippen LogP contribution in [0.1, 0.15) is 42.6 Å². The lowest BCUT2D eigenvalue weighted by molar-refractivity contribution is -0.829. The first-order chi connectivity index (χ1) is 16.9. The standard InChI is InChI=1S/C26H34N4O5/c1-18(2)29(14-15-31)25(32)19-8-9-24(22(16-19)27-34-3)28-12-10-21(11-13-28)30-23-7-5-4-6-20(23)17-35-26(30)33/h4-9,16,18,21,27,31H,10-15,17H2,1-3H3/p+1. The third kappa shape index (κ3) is 5.27. The highest BCUT2D eigenvalue weighted by atomic mass is 16.6. The second-order valence-corrected chi connectivity index (χ2v) is 9.21. The Labute approximate surface area is 206 Å². The van der Waals surface area contributed by atoms with E-state index in [9.17, 15) is 14.7 Å². The summed E-state index contributed by atoms with van der Waals surface area (Å²) in [6.45, 7) is 5.92. The summed E-state index contributed by atoms with van der Waals surface area (Å²) in [7, 11) is 1.59. The molecule has 2 heterocycles. The highest BCUT2D eigenvalue weighted by Crippen LogP contribution is 2.34. The van der Waals surface area contributed by atoms with E-state index in [2.05, 4.69) is 4.90 Å². The fourth-order valence-electron chi connectivity index (χ4n) is 4.95. The van der Waals surface area contributed by atoms with Crippen LogP contribution in [0, 0.1) is 0 Å². The number of benzene rings is 2. The van der Waals surface area contributed by atoms with Crippen LogP contribution in [0.15, 0.2) is 42.5 Å². The summed E-state index contributed by atoms with van der Waals surface area (Å²) in [4.78, 5) is 36.8. The number of aliphatic hydroxyl groups excluding tert-OH is 1. The van der Waals surface area contributed by atoms with E-state index < -0.39 is 0 Å². The molecule has 2 aromatic rings. The van der Waals surface area contributed by atoms with Gasteiger partial charge in [-0.25, -0.2) is 9.63 Å². The number of nitrogens with two attached hydrogens (primary N) is 1. The predicted molar refractivity (Wildman–Crippen MR) is 133 cm³/mol. The number of hydrogen-bond donors (Lipinski definition) is 2. The molecule has 4 rings (SSSR count). The lowest BCUT2D eigenvalue weighted by atomic mass is 9.99. The van der Waals surface area contributed by atoms with Crippen LogP contribution in [-0.4, -0.2) is 67.4 Å². The molecule has 0 aromatic heterocycles. The number of hydrogen-bond acceptors (Lipinski definition) is 6. The lowest BCUT2D eigenvalue weighted by Crippen LogP contribution is -2.76. The second-order valence-electron chi connectivity index (χ2n) is 9.21. The minimum Gasteiger partial charge on any atom is -0.444 e. The first-order valence-corrected chi connectivity index (χ1v) is 12.1. The van der Waals surface area contributed by atoms with E-state index in [4.69, 9.17) is 9.57 Å². The van der Waals surface area contributed by atoms with E-state index in [-0.39, 0.29) is 37.2 Å². The molecule has 2 amide bonds. The molecule has 1 saturated heterocycles. The third-order valence-corrected chi connectivity index (χ3v) is 6.71. The molecule has 2 aliphatic heterocycles. The van der Waals surface area contributed by atoms with Crippen molar-refractivity contribution in [3.05, 3.63) is 53.6 Å². The van der Waals surface area contributed by atoms with Gasteiger partial charge in [-0.1, -0.05) is 18.2 Å². The van der Waals surface area contributed by atoms with Crippen molar-refractivity contribution in [2.45, 2.75) is 45.4 Å². The largest absolute Gasteiger partial charge is 0.444 e. The van der Waals surface area contributed by atoms with Crippen LogP contribution in [0.25, 0.3) is 0 Å². The highest BCUT2D eigenvalue weighted by molar-refractivity contribution is 5.96. The summed E-state index contributed by atoms with van der Waals surface area (Å²) in [6, 6.07) is 13.6. The van der Waals surface area contributed by atoms with Gasteiger partial charge in [-0.15, -0.1) is 0 Å². The molecule has 1 fully saturated rings. The van der Waals surface area contributed by atoms with Gasteiger partial charge in [-0.2, -0.15) is 5.48 Å². The fourth-order valence-corrected chi connectivity index (χ4v) is 4.95. The van der Waals surface area contributed by atoms with E-state index in [1.165, 1.54) is 0 Å². The monoisotopic (exact) mass is 483 g/mol. The van der Waals surface area contributed by atoms with E-state index in [0.29, 0.717) is 12.2 Å². The maximum absolute atomic E-state index is 13.1. The van der Waals surface area contributed by atoms with Crippen molar-refractivity contribution in [3.8, 4) is 0 Å². The number of carbonyl (C=O) groups excluding carboxylic acids is 2. The van der Waals surface area contributed by atoms with Crippen LogP contribution in [-0.2, 0) is 16.2 Å². The van der Waals surface area contributed by atoms with Gasteiger partial charge in [0.2, 0.25) is 0 Å². The van der Waals surface area contributed by atoms with E-state index >= 15 is 0 Å². The van der Waals surface area contributed by atoms with Gasteiger partial charge < -0.3 is 19.6 Å². The van der Waals surface area contributed by atoms with Gasteiger partial charge in [0.15, 0.2) is 5.69 Å². The molecule has 0 aliphatic carbocycles. The summed E-state index contributed by atoms with van der Waals surface area (Å²) in [6.07, 6.45) is 1.32. The number of rotatable bonds is 8. The number of anilines is 2. The number of cyclic esters (lactones) is 1. The molecule has 0 saturated carbocycles. The predicted octanol–water partition coefficient (Wildman–Crippen LogP) is 2.41. The number of piperidine rings is 1. The molecular formula is C26H35N4O5+. The van der Waals surface area contributed by atoms with Crippen LogP contribution in [0.4, 0.5) is 21.9 Å². The molecule has 0 radical (unpaired) electrons. The third-order valence-electron chi connectivity index (χ3n) is 6.71. The zero-order valence-electron chi connectivity index (χ0n) is 20.6. The van der Waals surface area contributed by atoms with Crippen LogP contribution in [0.5, 0.6) is 0 Å². The number of fused-ring (bicyclic) bond motifs is 1. The number of ether oxygens (including phenoxy) is 1. The molecule has 2 aromatic carbocycles. The van der Waals surface area contributed by atoms with Crippen molar-refractivity contribution in [1.29, 1.82) is 0 Å². The zero-order chi connectivity index (χ0) is 24.9. The highest BCUT2D eigenvalue weighted by Gasteiger charge is 2.35. The molecule has 35 heavy (non-hydrogen) atoms. The normalized spacial score (nSPS) is 16.3. The topological polar surface area (TPSA) is 99.2 Å². The van der Waals surface area contributed by atoms with Crippen LogP contribution in [0.2, 0.25) is 0 Å². The number of para-hydroxylation sites is 1. The van der Waals surface area contributed by atoms with E-state index in [1.807, 2.05) is 61.2 Å². The maximum Gasteiger partial charge on any atom is 0.414 e. The van der Waals surface area contributed by atoms with Gasteiger partial charge >= 0.3 is 6.09 Å². The summed E-state index contributed by atoms with van der Waals surface area (Å²) in [5.74, 6) is -0.118. The summed E-state index contributed by atoms with van der Waals surface area (Å²) in [5.41, 5.74) is 6.00. The van der Waals surface area contributed by atoms with Crippen LogP contribution < -0.4 is 15.3 Å².